The number of aliphatic imine (C=N–C) groups is 1. The Hall–Kier alpha value is -3.18. The van der Waals surface area contributed by atoms with Gasteiger partial charge in [-0.05, 0) is 67.1 Å². The molecule has 0 aliphatic carbocycles. The molecule has 0 saturated carbocycles. The van der Waals surface area contributed by atoms with Gasteiger partial charge >= 0.3 is 0 Å². The van der Waals surface area contributed by atoms with E-state index in [0.717, 1.165) is 29.1 Å². The topological polar surface area (TPSA) is 44.7 Å². The second-order valence-corrected chi connectivity index (χ2v) is 7.44. The first-order valence-corrected chi connectivity index (χ1v) is 10.2. The number of carbonyl (C=O) groups excluding carboxylic acids is 1. The number of benzene rings is 2. The maximum atomic E-state index is 13.4. The average Bonchev–Trinajstić information content (AvgIpc) is 2.94. The zero-order chi connectivity index (χ0) is 21.1. The van der Waals surface area contributed by atoms with Gasteiger partial charge in [0.2, 0.25) is 0 Å². The van der Waals surface area contributed by atoms with Gasteiger partial charge in [0.05, 0.1) is 29.4 Å². The van der Waals surface area contributed by atoms with E-state index < -0.39 is 0 Å². The first-order chi connectivity index (χ1) is 14.5. The monoisotopic (exact) mass is 421 g/mol. The van der Waals surface area contributed by atoms with E-state index in [-0.39, 0.29) is 11.7 Å². The van der Waals surface area contributed by atoms with Crippen LogP contribution in [0.25, 0.3) is 5.70 Å². The third-order valence-corrected chi connectivity index (χ3v) is 5.44. The van der Waals surface area contributed by atoms with Crippen LogP contribution in [0.15, 0.2) is 83.0 Å². The Morgan fingerprint density at radius 2 is 1.93 bits per heavy atom. The predicted molar refractivity (Wildman–Crippen MR) is 119 cm³/mol. The summed E-state index contributed by atoms with van der Waals surface area (Å²) in [5, 5.41) is 3.34. The highest BCUT2D eigenvalue weighted by Crippen LogP contribution is 2.28. The largest absolute Gasteiger partial charge is 0.365 e. The van der Waals surface area contributed by atoms with Gasteiger partial charge in [0.25, 0.3) is 5.91 Å². The number of fused-ring (bicyclic) bond motifs is 1. The highest BCUT2D eigenvalue weighted by Gasteiger charge is 2.23. The van der Waals surface area contributed by atoms with Crippen molar-refractivity contribution in [3.05, 3.63) is 100.0 Å². The summed E-state index contributed by atoms with van der Waals surface area (Å²) >= 11 is 6.15. The molecule has 0 radical (unpaired) electrons. The van der Waals surface area contributed by atoms with Crippen molar-refractivity contribution in [1.29, 1.82) is 0 Å². The summed E-state index contributed by atoms with van der Waals surface area (Å²) in [4.78, 5) is 19.5. The highest BCUT2D eigenvalue weighted by molar-refractivity contribution is 6.33. The number of hydrogen-bond donors (Lipinski definition) is 1. The Morgan fingerprint density at radius 1 is 1.17 bits per heavy atom. The van der Waals surface area contributed by atoms with E-state index >= 15 is 0 Å². The van der Waals surface area contributed by atoms with Crippen molar-refractivity contribution in [3.8, 4) is 0 Å². The van der Waals surface area contributed by atoms with E-state index in [1.165, 1.54) is 12.1 Å². The average molecular weight is 422 g/mol. The number of nitrogens with one attached hydrogen (secondary N) is 1. The summed E-state index contributed by atoms with van der Waals surface area (Å²) in [6.07, 6.45) is 5.85. The first kappa shape index (κ1) is 20.1. The van der Waals surface area contributed by atoms with Crippen LogP contribution in [0.2, 0.25) is 5.02 Å². The molecule has 6 heteroatoms. The van der Waals surface area contributed by atoms with Gasteiger partial charge in [-0.15, -0.1) is 0 Å². The van der Waals surface area contributed by atoms with E-state index in [2.05, 4.69) is 22.1 Å². The van der Waals surface area contributed by atoms with E-state index in [1.807, 2.05) is 18.2 Å². The zero-order valence-electron chi connectivity index (χ0n) is 16.5. The van der Waals surface area contributed by atoms with Crippen LogP contribution in [-0.2, 0) is 0 Å². The van der Waals surface area contributed by atoms with Crippen molar-refractivity contribution < 1.29 is 9.18 Å². The van der Waals surface area contributed by atoms with E-state index in [1.54, 1.807) is 36.4 Å². The smallest absolute Gasteiger partial charge is 0.257 e. The molecule has 0 fully saturated rings. The molecular formula is C24H21ClFN3O. The molecule has 2 aliphatic rings. The molecule has 2 heterocycles. The Balaban J connectivity index is 1.65. The quantitative estimate of drug-likeness (QED) is 0.766. The summed E-state index contributed by atoms with van der Waals surface area (Å²) in [6, 6.07) is 13.4. The molecule has 0 atom stereocenters. The Kier molecular flexibility index (Phi) is 5.81. The van der Waals surface area contributed by atoms with Crippen molar-refractivity contribution in [2.75, 3.05) is 19.6 Å². The molecule has 0 unspecified atom stereocenters. The fourth-order valence-corrected chi connectivity index (χ4v) is 3.75. The molecule has 0 bridgehead atoms. The van der Waals surface area contributed by atoms with Crippen molar-refractivity contribution in [2.24, 2.45) is 4.99 Å². The SMILES string of the molecule is CCN1CC2=NCC=C(NC(=O)c3ccccc3Cl)C=C2C=C1c1ccc(F)cc1. The van der Waals surface area contributed by atoms with Crippen LogP contribution >= 0.6 is 11.6 Å². The number of rotatable bonds is 4. The number of carbonyl (C=O) groups is 1. The van der Waals surface area contributed by atoms with E-state index in [9.17, 15) is 9.18 Å². The number of halogens is 2. The van der Waals surface area contributed by atoms with Gasteiger partial charge in [-0.3, -0.25) is 9.79 Å². The summed E-state index contributed by atoms with van der Waals surface area (Å²) in [5.41, 5.74) is 4.93. The van der Waals surface area contributed by atoms with Crippen LogP contribution in [0, 0.1) is 5.82 Å². The minimum atomic E-state index is -0.263. The van der Waals surface area contributed by atoms with E-state index in [0.29, 0.717) is 29.4 Å². The van der Waals surface area contributed by atoms with Crippen LogP contribution in [0.1, 0.15) is 22.8 Å². The van der Waals surface area contributed by atoms with Crippen LogP contribution in [0.5, 0.6) is 0 Å². The molecular weight excluding hydrogens is 401 g/mol. The standard InChI is InChI=1S/C24H21ClFN3O/c1-2-29-15-22-17(14-23(29)16-7-9-18(26)10-8-16)13-19(11-12-27-22)28-24(30)20-5-3-4-6-21(20)25/h3-11,13-14H,2,12,15H2,1H3,(H,28,30). The molecule has 152 valence electrons. The van der Waals surface area contributed by atoms with Crippen molar-refractivity contribution in [3.63, 3.8) is 0 Å². The summed E-state index contributed by atoms with van der Waals surface area (Å²) in [5.74, 6) is -0.525. The molecule has 0 spiro atoms. The lowest BCUT2D eigenvalue weighted by molar-refractivity contribution is 0.0967. The molecule has 2 aromatic rings. The minimum absolute atomic E-state index is 0.262. The number of amides is 1. The molecule has 4 nitrogen and oxygen atoms in total. The Bertz CT molecular complexity index is 1100. The molecule has 2 aliphatic heterocycles. The van der Waals surface area contributed by atoms with Gasteiger partial charge in [0.1, 0.15) is 5.82 Å². The number of hydrogen-bond acceptors (Lipinski definition) is 3. The molecule has 2 aromatic carbocycles. The van der Waals surface area contributed by atoms with Crippen LogP contribution in [0.3, 0.4) is 0 Å². The fraction of sp³-hybridized carbons (Fsp3) is 0.167. The molecule has 1 N–H and O–H groups in total. The first-order valence-electron chi connectivity index (χ1n) is 9.79. The second kappa shape index (κ2) is 8.67. The third kappa shape index (κ3) is 4.21. The second-order valence-electron chi connectivity index (χ2n) is 7.03. The number of nitrogens with zero attached hydrogens (tertiary/aromatic N) is 2. The zero-order valence-corrected chi connectivity index (χ0v) is 17.3. The summed E-state index contributed by atoms with van der Waals surface area (Å²) in [6.45, 7) is 4.02. The number of allylic oxidation sites excluding steroid dienone is 2. The van der Waals surface area contributed by atoms with Gasteiger partial charge in [-0.2, -0.15) is 0 Å². The third-order valence-electron chi connectivity index (χ3n) is 5.11. The Morgan fingerprint density at radius 3 is 2.67 bits per heavy atom. The van der Waals surface area contributed by atoms with Crippen molar-refractivity contribution in [2.45, 2.75) is 6.92 Å². The van der Waals surface area contributed by atoms with E-state index in [4.69, 9.17) is 11.6 Å². The lowest BCUT2D eigenvalue weighted by atomic mass is 9.98. The van der Waals surface area contributed by atoms with Crippen LogP contribution < -0.4 is 5.32 Å². The molecule has 30 heavy (non-hydrogen) atoms. The van der Waals surface area contributed by atoms with Crippen LogP contribution in [-0.4, -0.2) is 36.2 Å². The summed E-state index contributed by atoms with van der Waals surface area (Å²) in [7, 11) is 0. The highest BCUT2D eigenvalue weighted by atomic mass is 35.5. The minimum Gasteiger partial charge on any atom is -0.365 e. The molecule has 4 rings (SSSR count). The maximum absolute atomic E-state index is 13.4. The van der Waals surface area contributed by atoms with Gasteiger partial charge < -0.3 is 10.2 Å². The van der Waals surface area contributed by atoms with Gasteiger partial charge in [0.15, 0.2) is 0 Å². The fourth-order valence-electron chi connectivity index (χ4n) is 3.53. The van der Waals surface area contributed by atoms with Crippen LogP contribution in [0.4, 0.5) is 4.39 Å². The normalized spacial score (nSPS) is 15.9. The van der Waals surface area contributed by atoms with Gasteiger partial charge in [-0.1, -0.05) is 23.7 Å². The van der Waals surface area contributed by atoms with Gasteiger partial charge in [-0.25, -0.2) is 4.39 Å². The summed E-state index contributed by atoms with van der Waals surface area (Å²) < 4.78 is 13.4. The predicted octanol–water partition coefficient (Wildman–Crippen LogP) is 4.85. The molecule has 0 aromatic heterocycles. The maximum Gasteiger partial charge on any atom is 0.257 e. The lowest BCUT2D eigenvalue weighted by Crippen LogP contribution is -2.33. The lowest BCUT2D eigenvalue weighted by Gasteiger charge is -2.31. The molecule has 1 amide bonds. The van der Waals surface area contributed by atoms with Gasteiger partial charge in [0, 0.05) is 23.5 Å². The Labute approximate surface area is 180 Å². The van der Waals surface area contributed by atoms with Crippen molar-refractivity contribution >= 4 is 28.9 Å². The molecule has 0 saturated heterocycles. The van der Waals surface area contributed by atoms with Crippen molar-refractivity contribution in [1.82, 2.24) is 10.2 Å².